The van der Waals surface area contributed by atoms with Gasteiger partial charge in [0.2, 0.25) is 0 Å². The Labute approximate surface area is 349 Å². The van der Waals surface area contributed by atoms with Crippen LogP contribution in [0.5, 0.6) is 0 Å². The van der Waals surface area contributed by atoms with Crippen LogP contribution in [-0.2, 0) is 0 Å². The van der Waals surface area contributed by atoms with Crippen molar-refractivity contribution in [3.8, 4) is 11.3 Å². The van der Waals surface area contributed by atoms with Gasteiger partial charge in [0.25, 0.3) is 0 Å². The summed E-state index contributed by atoms with van der Waals surface area (Å²) in [7, 11) is 0. The van der Waals surface area contributed by atoms with Crippen LogP contribution in [0.2, 0.25) is 0 Å². The zero-order valence-corrected chi connectivity index (χ0v) is 33.2. The second-order valence-electron chi connectivity index (χ2n) is 15.7. The number of hydrogen-bond donors (Lipinski definition) is 4. The Morgan fingerprint density at radius 3 is 2.35 bits per heavy atom. The lowest BCUT2D eigenvalue weighted by Crippen LogP contribution is -2.30. The van der Waals surface area contributed by atoms with Gasteiger partial charge in [-0.3, -0.25) is 0 Å². The molecular weight excluding hydrogens is 733 g/mol. The monoisotopic (exact) mass is 774 g/mol. The van der Waals surface area contributed by atoms with Crippen LogP contribution in [0, 0.1) is 0 Å². The second kappa shape index (κ2) is 14.6. The van der Waals surface area contributed by atoms with E-state index in [-0.39, 0.29) is 12.1 Å². The third kappa shape index (κ3) is 6.30. The molecule has 0 saturated carbocycles. The summed E-state index contributed by atoms with van der Waals surface area (Å²) < 4.78 is 0. The number of nitrogens with two attached hydrogens (primary N) is 1. The van der Waals surface area contributed by atoms with Crippen LogP contribution in [0.1, 0.15) is 52.0 Å². The third-order valence-corrected chi connectivity index (χ3v) is 12.1. The van der Waals surface area contributed by atoms with Crippen molar-refractivity contribution in [1.82, 2.24) is 15.3 Å². The smallest absolute Gasteiger partial charge is 0.0947 e. The number of allylic oxidation sites excluding steroid dienone is 5. The lowest BCUT2D eigenvalue weighted by molar-refractivity contribution is 0.815. The highest BCUT2D eigenvalue weighted by Crippen LogP contribution is 2.39. The van der Waals surface area contributed by atoms with Crippen LogP contribution in [0.3, 0.4) is 0 Å². The van der Waals surface area contributed by atoms with Gasteiger partial charge in [0.05, 0.1) is 51.6 Å². The molecule has 1 aliphatic carbocycles. The first-order valence-corrected chi connectivity index (χ1v) is 20.6. The number of dihydropyridines is 1. The minimum Gasteiger partial charge on any atom is -0.397 e. The zero-order valence-electron chi connectivity index (χ0n) is 33.2. The fourth-order valence-electron chi connectivity index (χ4n) is 8.85. The lowest BCUT2D eigenvalue weighted by atomic mass is 9.90. The van der Waals surface area contributed by atoms with Crippen LogP contribution in [-0.4, -0.2) is 22.6 Å². The molecule has 0 radical (unpaired) electrons. The van der Waals surface area contributed by atoms with Gasteiger partial charge in [-0.1, -0.05) is 158 Å². The van der Waals surface area contributed by atoms with E-state index in [2.05, 4.69) is 198 Å². The van der Waals surface area contributed by atoms with Crippen LogP contribution < -0.4 is 21.7 Å². The predicted octanol–water partition coefficient (Wildman–Crippen LogP) is 12.0. The molecule has 0 saturated heterocycles. The van der Waals surface area contributed by atoms with Crippen molar-refractivity contribution in [2.24, 2.45) is 0 Å². The Morgan fingerprint density at radius 1 is 0.683 bits per heavy atom. The number of nitrogen functional groups attached to an aromatic ring is 1. The summed E-state index contributed by atoms with van der Waals surface area (Å²) in [4.78, 5) is 10.4. The molecule has 5 aromatic carbocycles. The summed E-state index contributed by atoms with van der Waals surface area (Å²) in [6.07, 6.45) is 21.9. The van der Waals surface area contributed by atoms with Crippen molar-refractivity contribution in [2.75, 3.05) is 22.9 Å². The predicted molar refractivity (Wildman–Crippen MR) is 252 cm³/mol. The Balaban J connectivity index is 0.831. The molecule has 6 heteroatoms. The molecule has 2 atom stereocenters. The molecule has 3 aliphatic heterocycles. The second-order valence-corrected chi connectivity index (χ2v) is 15.7. The molecule has 6 nitrogen and oxygen atoms in total. The zero-order chi connectivity index (χ0) is 40.2. The molecule has 0 bridgehead atoms. The van der Waals surface area contributed by atoms with Crippen LogP contribution >= 0.6 is 0 Å². The number of rotatable bonds is 6. The number of nitrogens with one attached hydrogen (secondary N) is 3. The number of pyridine rings is 2. The molecule has 0 fully saturated rings. The van der Waals surface area contributed by atoms with Crippen molar-refractivity contribution in [2.45, 2.75) is 19.0 Å². The van der Waals surface area contributed by atoms with Gasteiger partial charge in [0.1, 0.15) is 0 Å². The minimum atomic E-state index is 0.0410. The minimum absolute atomic E-state index is 0.0410. The molecule has 4 aliphatic rings. The first-order chi connectivity index (χ1) is 29.6. The van der Waals surface area contributed by atoms with Gasteiger partial charge in [-0.2, -0.15) is 0 Å². The molecular formula is C54H42N6. The van der Waals surface area contributed by atoms with Gasteiger partial charge in [-0.25, -0.2) is 9.97 Å². The molecule has 60 heavy (non-hydrogen) atoms. The number of aromatic nitrogens is 2. The fraction of sp³-hybridized carbons (Fsp3) is 0.0741. The van der Waals surface area contributed by atoms with Crippen LogP contribution in [0.15, 0.2) is 176 Å². The van der Waals surface area contributed by atoms with Gasteiger partial charge in [0, 0.05) is 39.7 Å². The van der Waals surface area contributed by atoms with E-state index in [1.165, 1.54) is 16.7 Å². The molecule has 2 aromatic heterocycles. The van der Waals surface area contributed by atoms with E-state index in [4.69, 9.17) is 15.7 Å². The van der Waals surface area contributed by atoms with Crippen molar-refractivity contribution >= 4 is 67.9 Å². The largest absolute Gasteiger partial charge is 0.397 e. The highest BCUT2D eigenvalue weighted by atomic mass is 15.0. The molecule has 0 amide bonds. The van der Waals surface area contributed by atoms with Gasteiger partial charge in [-0.15, -0.1) is 0 Å². The molecule has 0 spiro atoms. The number of fused-ring (bicyclic) bond motifs is 6. The lowest BCUT2D eigenvalue weighted by Gasteiger charge is -2.27. The topological polar surface area (TPSA) is 87.9 Å². The molecule has 2 unspecified atom stereocenters. The van der Waals surface area contributed by atoms with Crippen molar-refractivity contribution in [3.63, 3.8) is 0 Å². The number of nitrogens with zero attached hydrogens (tertiary/aromatic N) is 2. The average molecular weight is 775 g/mol. The number of anilines is 3. The Kier molecular flexibility index (Phi) is 8.63. The van der Waals surface area contributed by atoms with E-state index in [0.717, 1.165) is 101 Å². The average Bonchev–Trinajstić information content (AvgIpc) is 3.32. The normalized spacial score (nSPS) is 17.7. The molecule has 288 valence electrons. The summed E-state index contributed by atoms with van der Waals surface area (Å²) in [5.74, 6) is 0. The molecule has 5 N–H and O–H groups in total. The Morgan fingerprint density at radius 2 is 1.47 bits per heavy atom. The number of hydrogen-bond acceptors (Lipinski definition) is 6. The maximum absolute atomic E-state index is 6.73. The van der Waals surface area contributed by atoms with E-state index in [1.54, 1.807) is 0 Å². The Bertz CT molecular complexity index is 3110. The molecule has 11 rings (SSSR count). The van der Waals surface area contributed by atoms with E-state index < -0.39 is 0 Å². The van der Waals surface area contributed by atoms with Gasteiger partial charge in [-0.05, 0) is 70.2 Å². The van der Waals surface area contributed by atoms with E-state index in [9.17, 15) is 0 Å². The van der Waals surface area contributed by atoms with E-state index >= 15 is 0 Å². The quantitative estimate of drug-likeness (QED) is 0.126. The Hall–Kier alpha value is -7.70. The number of benzene rings is 5. The first-order valence-electron chi connectivity index (χ1n) is 20.6. The maximum Gasteiger partial charge on any atom is 0.0947 e. The maximum atomic E-state index is 6.73. The third-order valence-electron chi connectivity index (χ3n) is 12.1. The summed E-state index contributed by atoms with van der Waals surface area (Å²) in [5.41, 5.74) is 25.6. The van der Waals surface area contributed by atoms with E-state index in [1.807, 2.05) is 6.92 Å². The van der Waals surface area contributed by atoms with Gasteiger partial charge >= 0.3 is 0 Å². The summed E-state index contributed by atoms with van der Waals surface area (Å²) in [6.45, 7) is 2.81. The van der Waals surface area contributed by atoms with E-state index in [0.29, 0.717) is 0 Å². The van der Waals surface area contributed by atoms with Crippen LogP contribution in [0.25, 0.3) is 62.1 Å². The highest BCUT2D eigenvalue weighted by molar-refractivity contribution is 5.98. The van der Waals surface area contributed by atoms with Crippen molar-refractivity contribution in [3.05, 3.63) is 215 Å². The molecule has 5 heterocycles. The van der Waals surface area contributed by atoms with Gasteiger partial charge in [0.15, 0.2) is 0 Å². The fourth-order valence-corrected chi connectivity index (χ4v) is 8.85. The molecule has 7 aromatic rings. The van der Waals surface area contributed by atoms with Crippen molar-refractivity contribution < 1.29 is 0 Å². The van der Waals surface area contributed by atoms with Gasteiger partial charge < -0.3 is 21.7 Å². The SMILES string of the molecule is C/C=C(/c1ccc2ccc(C3=CC=C4C=CC(c5ccc(-c6ccc7ccc8c(c7n6)NC(c6ccccc6)C=C8)cc5)=CC4N3)cc2n1)c1ccc2c(c1N)NCC=C2. The summed E-state index contributed by atoms with van der Waals surface area (Å²) >= 11 is 0. The standard InChI is InChI=1S/C54H42N6/c1-2-43(44-25-20-38-9-6-30-56-52(38)51(44)55)48-29-22-37-15-19-42(32-50(37)58-48)47-26-21-36-14-18-41(31-49(36)57-47)33-10-12-35(13-11-33)46-28-24-40-17-16-39-23-27-45(34-7-4-3-5-8-34)59-53(39)54(40)60-46/h2-29,31-32,45,49,56-57,59H,30,55H2,1H3/b43-2+. The van der Waals surface area contributed by atoms with Crippen molar-refractivity contribution in [1.29, 1.82) is 0 Å². The first kappa shape index (κ1) is 35.5. The summed E-state index contributed by atoms with van der Waals surface area (Å²) in [6, 6.07) is 43.1. The summed E-state index contributed by atoms with van der Waals surface area (Å²) in [5, 5.41) is 13.2. The highest BCUT2D eigenvalue weighted by Gasteiger charge is 2.22. The van der Waals surface area contributed by atoms with Crippen LogP contribution in [0.4, 0.5) is 17.1 Å².